The van der Waals surface area contributed by atoms with Gasteiger partial charge in [-0.05, 0) is 61.4 Å². The number of amides is 2. The molecule has 37 heavy (non-hydrogen) atoms. The Morgan fingerprint density at radius 3 is 2.05 bits per heavy atom. The Hall–Kier alpha value is -2.80. The first-order valence-corrected chi connectivity index (χ1v) is 15.3. The maximum absolute atomic E-state index is 12.9. The lowest BCUT2D eigenvalue weighted by atomic mass is 10.1. The number of nitrogens with one attached hydrogen (secondary N) is 1. The number of carbonyl (C=O) groups excluding carboxylic acids is 2. The summed E-state index contributed by atoms with van der Waals surface area (Å²) in [6.07, 6.45) is 1.72. The Balaban J connectivity index is 1.40. The van der Waals surface area contributed by atoms with Crippen LogP contribution in [0.2, 0.25) is 0 Å². The molecule has 2 heterocycles. The van der Waals surface area contributed by atoms with Crippen molar-refractivity contribution < 1.29 is 26.4 Å². The highest BCUT2D eigenvalue weighted by molar-refractivity contribution is 7.89. The van der Waals surface area contributed by atoms with Crippen LogP contribution >= 0.6 is 0 Å². The Kier molecular flexibility index (Phi) is 8.02. The van der Waals surface area contributed by atoms with Gasteiger partial charge in [0, 0.05) is 50.5 Å². The minimum atomic E-state index is -3.61. The second-order valence-corrected chi connectivity index (χ2v) is 13.0. The van der Waals surface area contributed by atoms with Crippen LogP contribution in [-0.2, 0) is 29.6 Å². The lowest BCUT2D eigenvalue weighted by molar-refractivity contribution is -0.122. The second-order valence-electron chi connectivity index (χ2n) is 9.11. The predicted octanol–water partition coefficient (Wildman–Crippen LogP) is 2.49. The van der Waals surface area contributed by atoms with Crippen molar-refractivity contribution in [3.63, 3.8) is 0 Å². The number of hydrogen-bond donors (Lipinski definition) is 1. The summed E-state index contributed by atoms with van der Waals surface area (Å²) in [4.78, 5) is 27.3. The number of hydrogen-bond acceptors (Lipinski definition) is 6. The monoisotopic (exact) mass is 548 g/mol. The summed E-state index contributed by atoms with van der Waals surface area (Å²) in [6, 6.07) is 12.1. The first kappa shape index (κ1) is 27.2. The van der Waals surface area contributed by atoms with Crippen LogP contribution in [0.25, 0.3) is 0 Å². The molecule has 200 valence electrons. The van der Waals surface area contributed by atoms with Gasteiger partial charge >= 0.3 is 0 Å². The zero-order chi connectivity index (χ0) is 26.8. The maximum Gasteiger partial charge on any atom is 0.243 e. The van der Waals surface area contributed by atoms with Gasteiger partial charge in [0.05, 0.1) is 15.7 Å². The molecule has 0 saturated carbocycles. The maximum atomic E-state index is 12.9. The average Bonchev–Trinajstić information content (AvgIpc) is 3.56. The average molecular weight is 549 g/mol. The number of anilines is 2. The first-order chi connectivity index (χ1) is 17.6. The van der Waals surface area contributed by atoms with Gasteiger partial charge in [0.15, 0.2) is 0 Å². The highest BCUT2D eigenvalue weighted by Gasteiger charge is 2.35. The van der Waals surface area contributed by atoms with Crippen molar-refractivity contribution in [3.8, 4) is 0 Å². The van der Waals surface area contributed by atoms with E-state index in [1.165, 1.54) is 37.8 Å². The summed E-state index contributed by atoms with van der Waals surface area (Å²) in [5, 5.41) is 2.77. The van der Waals surface area contributed by atoms with E-state index in [0.717, 1.165) is 12.8 Å². The predicted molar refractivity (Wildman–Crippen MR) is 140 cm³/mol. The van der Waals surface area contributed by atoms with Gasteiger partial charge in [-0.1, -0.05) is 13.8 Å². The van der Waals surface area contributed by atoms with Gasteiger partial charge in [-0.2, -0.15) is 8.61 Å². The molecule has 2 aliphatic rings. The fourth-order valence-electron chi connectivity index (χ4n) is 4.68. The van der Waals surface area contributed by atoms with E-state index in [2.05, 4.69) is 5.32 Å². The number of rotatable bonds is 9. The Morgan fingerprint density at radius 2 is 1.49 bits per heavy atom. The van der Waals surface area contributed by atoms with Crippen molar-refractivity contribution in [3.05, 3.63) is 48.5 Å². The van der Waals surface area contributed by atoms with Crippen LogP contribution in [0.15, 0.2) is 58.3 Å². The van der Waals surface area contributed by atoms with E-state index in [9.17, 15) is 26.4 Å². The van der Waals surface area contributed by atoms with E-state index in [1.54, 1.807) is 38.1 Å². The zero-order valence-electron chi connectivity index (χ0n) is 21.0. The quantitative estimate of drug-likeness (QED) is 0.514. The van der Waals surface area contributed by atoms with Crippen molar-refractivity contribution in [2.45, 2.75) is 42.9 Å². The molecule has 12 heteroatoms. The van der Waals surface area contributed by atoms with Crippen LogP contribution in [0.3, 0.4) is 0 Å². The zero-order valence-corrected chi connectivity index (χ0v) is 22.6. The van der Waals surface area contributed by atoms with Crippen LogP contribution in [0.1, 0.15) is 33.1 Å². The summed E-state index contributed by atoms with van der Waals surface area (Å²) >= 11 is 0. The minimum absolute atomic E-state index is 0.0206. The second kappa shape index (κ2) is 10.9. The van der Waals surface area contributed by atoms with Crippen molar-refractivity contribution in [1.29, 1.82) is 0 Å². The number of carbonyl (C=O) groups is 2. The Morgan fingerprint density at radius 1 is 0.919 bits per heavy atom. The summed E-state index contributed by atoms with van der Waals surface area (Å²) in [5.74, 6) is -1.17. The molecule has 0 aromatic heterocycles. The SMILES string of the molecule is CCN(CC)S(=O)(=O)c1ccc(N2CC(C(=O)Nc3ccc(S(=O)(=O)N4CCCC4)cc3)CC2=O)cc1. The molecule has 4 rings (SSSR count). The standard InChI is InChI=1S/C25H32N4O6S2/c1-3-27(4-2)36(32,33)23-13-9-21(10-14-23)29-18-19(17-24(29)30)25(31)26-20-7-11-22(12-8-20)37(34,35)28-15-5-6-16-28/h7-14,19H,3-6,15-18H2,1-2H3,(H,26,31). The lowest BCUT2D eigenvalue weighted by Gasteiger charge is -2.20. The Bertz CT molecular complexity index is 1350. The van der Waals surface area contributed by atoms with E-state index in [-0.39, 0.29) is 34.6 Å². The molecule has 0 spiro atoms. The molecule has 2 amide bonds. The topological polar surface area (TPSA) is 124 Å². The van der Waals surface area contributed by atoms with Crippen LogP contribution in [0.5, 0.6) is 0 Å². The molecule has 10 nitrogen and oxygen atoms in total. The van der Waals surface area contributed by atoms with Crippen LogP contribution in [0, 0.1) is 5.92 Å². The van der Waals surface area contributed by atoms with Crippen molar-refractivity contribution in [2.24, 2.45) is 5.92 Å². The molecule has 1 atom stereocenters. The smallest absolute Gasteiger partial charge is 0.243 e. The van der Waals surface area contributed by atoms with E-state index < -0.39 is 26.0 Å². The number of sulfonamides is 2. The fourth-order valence-corrected chi connectivity index (χ4v) is 7.65. The van der Waals surface area contributed by atoms with Crippen molar-refractivity contribution in [1.82, 2.24) is 8.61 Å². The van der Waals surface area contributed by atoms with E-state index in [0.29, 0.717) is 37.6 Å². The largest absolute Gasteiger partial charge is 0.326 e. The normalized spacial score (nSPS) is 19.1. The molecule has 2 aromatic rings. The number of benzene rings is 2. The molecule has 1 unspecified atom stereocenters. The van der Waals surface area contributed by atoms with Gasteiger partial charge in [-0.25, -0.2) is 16.8 Å². The van der Waals surface area contributed by atoms with E-state index in [4.69, 9.17) is 0 Å². The van der Waals surface area contributed by atoms with Crippen molar-refractivity contribution >= 4 is 43.2 Å². The molecule has 2 aromatic carbocycles. The summed E-state index contributed by atoms with van der Waals surface area (Å²) in [5.41, 5.74) is 0.970. The molecular weight excluding hydrogens is 516 g/mol. The van der Waals surface area contributed by atoms with Gasteiger partial charge in [-0.15, -0.1) is 0 Å². The molecule has 0 aliphatic carbocycles. The molecule has 0 bridgehead atoms. The fraction of sp³-hybridized carbons (Fsp3) is 0.440. The van der Waals surface area contributed by atoms with E-state index in [1.807, 2.05) is 0 Å². The molecule has 1 N–H and O–H groups in total. The molecule has 2 aliphatic heterocycles. The molecular formula is C25H32N4O6S2. The minimum Gasteiger partial charge on any atom is -0.326 e. The van der Waals surface area contributed by atoms with Crippen LogP contribution in [-0.4, -0.2) is 70.0 Å². The molecule has 2 saturated heterocycles. The first-order valence-electron chi connectivity index (χ1n) is 12.4. The third kappa shape index (κ3) is 5.57. The molecule has 2 fully saturated rings. The number of nitrogens with zero attached hydrogens (tertiary/aromatic N) is 3. The third-order valence-electron chi connectivity index (χ3n) is 6.81. The van der Waals surface area contributed by atoms with Crippen LogP contribution in [0.4, 0.5) is 11.4 Å². The van der Waals surface area contributed by atoms with Gasteiger partial charge in [-0.3, -0.25) is 9.59 Å². The summed E-state index contributed by atoms with van der Waals surface area (Å²) in [6.45, 7) is 5.46. The van der Waals surface area contributed by atoms with E-state index >= 15 is 0 Å². The lowest BCUT2D eigenvalue weighted by Crippen LogP contribution is -2.31. The summed E-state index contributed by atoms with van der Waals surface area (Å²) in [7, 11) is -7.14. The van der Waals surface area contributed by atoms with Crippen molar-refractivity contribution in [2.75, 3.05) is 42.9 Å². The third-order valence-corrected chi connectivity index (χ3v) is 10.8. The summed E-state index contributed by atoms with van der Waals surface area (Å²) < 4.78 is 53.6. The van der Waals surface area contributed by atoms with Gasteiger partial charge in [0.2, 0.25) is 31.9 Å². The van der Waals surface area contributed by atoms with Gasteiger partial charge in [0.25, 0.3) is 0 Å². The highest BCUT2D eigenvalue weighted by atomic mass is 32.2. The molecule has 0 radical (unpaired) electrons. The van der Waals surface area contributed by atoms with Crippen LogP contribution < -0.4 is 10.2 Å². The van der Waals surface area contributed by atoms with Gasteiger partial charge in [0.1, 0.15) is 0 Å². The highest BCUT2D eigenvalue weighted by Crippen LogP contribution is 2.28. The van der Waals surface area contributed by atoms with Gasteiger partial charge < -0.3 is 10.2 Å². The Labute approximate surface area is 218 Å².